The third kappa shape index (κ3) is 2.71. The van der Waals surface area contributed by atoms with Gasteiger partial charge in [0.2, 0.25) is 0 Å². The van der Waals surface area contributed by atoms with Crippen molar-refractivity contribution in [1.29, 1.82) is 0 Å². The second-order valence-electron chi connectivity index (χ2n) is 9.27. The number of furan rings is 1. The topological polar surface area (TPSA) is 13.1 Å². The van der Waals surface area contributed by atoms with Gasteiger partial charge >= 0.3 is 0 Å². The fourth-order valence-electron chi connectivity index (χ4n) is 5.87. The van der Waals surface area contributed by atoms with Gasteiger partial charge in [-0.25, -0.2) is 0 Å². The van der Waals surface area contributed by atoms with Crippen molar-refractivity contribution in [3.8, 4) is 22.3 Å². The minimum absolute atomic E-state index is 0.972. The van der Waals surface area contributed by atoms with Crippen molar-refractivity contribution >= 4 is 64.0 Å². The van der Waals surface area contributed by atoms with Crippen LogP contribution in [0.2, 0.25) is 0 Å². The Balaban J connectivity index is 1.58. The summed E-state index contributed by atoms with van der Waals surface area (Å²) < 4.78 is 8.73. The molecule has 2 heterocycles. The molecular weight excluding hydrogens is 456 g/mol. The van der Waals surface area contributed by atoms with Crippen LogP contribution in [0.1, 0.15) is 0 Å². The highest BCUT2D eigenvalue weighted by atomic mass is 32.1. The molecule has 36 heavy (non-hydrogen) atoms. The maximum absolute atomic E-state index is 6.18. The van der Waals surface area contributed by atoms with E-state index >= 15 is 0 Å². The Morgan fingerprint density at radius 1 is 0.472 bits per heavy atom. The molecule has 0 amide bonds. The van der Waals surface area contributed by atoms with E-state index in [1.165, 1.54) is 64.0 Å². The van der Waals surface area contributed by atoms with Gasteiger partial charge in [0, 0.05) is 25.6 Å². The third-order valence-electron chi connectivity index (χ3n) is 7.34. The fourth-order valence-corrected chi connectivity index (χ4v) is 7.01. The molecule has 8 aromatic rings. The molecule has 0 aliphatic carbocycles. The van der Waals surface area contributed by atoms with E-state index in [9.17, 15) is 0 Å². The second-order valence-corrected chi connectivity index (χ2v) is 10.3. The molecule has 0 radical (unpaired) electrons. The smallest absolute Gasteiger partial charge is 0.143 e. The van der Waals surface area contributed by atoms with Crippen molar-refractivity contribution in [2.24, 2.45) is 0 Å². The molecule has 168 valence electrons. The average molecular weight is 477 g/mol. The van der Waals surface area contributed by atoms with Crippen LogP contribution in [0, 0.1) is 0 Å². The van der Waals surface area contributed by atoms with E-state index in [0.29, 0.717) is 0 Å². The van der Waals surface area contributed by atoms with Crippen molar-refractivity contribution in [1.82, 2.24) is 0 Å². The molecule has 6 aromatic carbocycles. The summed E-state index contributed by atoms with van der Waals surface area (Å²) in [6.45, 7) is 0. The van der Waals surface area contributed by atoms with Crippen molar-refractivity contribution in [2.75, 3.05) is 0 Å². The van der Waals surface area contributed by atoms with E-state index in [4.69, 9.17) is 4.42 Å². The summed E-state index contributed by atoms with van der Waals surface area (Å²) in [6.07, 6.45) is 1.84. The molecule has 0 bridgehead atoms. The first kappa shape index (κ1) is 19.9. The highest BCUT2D eigenvalue weighted by Gasteiger charge is 2.21. The molecule has 0 atom stereocenters. The summed E-state index contributed by atoms with van der Waals surface area (Å²) >= 11 is 1.84. The van der Waals surface area contributed by atoms with Crippen LogP contribution < -0.4 is 0 Å². The van der Waals surface area contributed by atoms with Crippen LogP contribution in [0.5, 0.6) is 0 Å². The first-order valence-corrected chi connectivity index (χ1v) is 13.0. The van der Waals surface area contributed by atoms with Gasteiger partial charge < -0.3 is 4.42 Å². The van der Waals surface area contributed by atoms with E-state index in [0.717, 1.165) is 11.0 Å². The van der Waals surface area contributed by atoms with Gasteiger partial charge in [-0.3, -0.25) is 0 Å². The molecule has 8 rings (SSSR count). The standard InChI is InChI=1S/C34H20OS/c1-2-10-21(11-3-1)31-22-12-4-6-14-24(22)32(25-15-7-5-13-23(25)31)28-20-30-33(34-26(28)18-19-35-34)27-16-8-9-17-29(27)36-30/h1-20H. The summed E-state index contributed by atoms with van der Waals surface area (Å²) in [6, 6.07) is 41.6. The molecule has 0 saturated carbocycles. The lowest BCUT2D eigenvalue weighted by atomic mass is 9.85. The first-order valence-electron chi connectivity index (χ1n) is 12.2. The maximum atomic E-state index is 6.18. The fraction of sp³-hybridized carbons (Fsp3) is 0. The van der Waals surface area contributed by atoms with E-state index in [2.05, 4.69) is 115 Å². The van der Waals surface area contributed by atoms with Gasteiger partial charge in [0.05, 0.1) is 6.26 Å². The highest BCUT2D eigenvalue weighted by molar-refractivity contribution is 7.26. The van der Waals surface area contributed by atoms with Gasteiger partial charge in [0.1, 0.15) is 5.58 Å². The average Bonchev–Trinajstić information content (AvgIpc) is 3.56. The Hall–Kier alpha value is -4.40. The van der Waals surface area contributed by atoms with Gasteiger partial charge in [-0.2, -0.15) is 0 Å². The number of fused-ring (bicyclic) bond motifs is 7. The summed E-state index contributed by atoms with van der Waals surface area (Å²) in [7, 11) is 0. The predicted octanol–water partition coefficient (Wildman–Crippen LogP) is 10.4. The van der Waals surface area contributed by atoms with Crippen LogP contribution in [-0.4, -0.2) is 0 Å². The Labute approximate surface area is 211 Å². The van der Waals surface area contributed by atoms with Crippen LogP contribution in [0.4, 0.5) is 0 Å². The lowest BCUT2D eigenvalue weighted by Gasteiger charge is -2.18. The van der Waals surface area contributed by atoms with Crippen LogP contribution in [-0.2, 0) is 0 Å². The molecule has 0 aliphatic heterocycles. The van der Waals surface area contributed by atoms with E-state index in [1.807, 2.05) is 17.6 Å². The lowest BCUT2D eigenvalue weighted by molar-refractivity contribution is 0.619. The maximum Gasteiger partial charge on any atom is 0.143 e. The van der Waals surface area contributed by atoms with Crippen molar-refractivity contribution in [2.45, 2.75) is 0 Å². The highest BCUT2D eigenvalue weighted by Crippen LogP contribution is 2.48. The molecular formula is C34H20OS. The van der Waals surface area contributed by atoms with Crippen LogP contribution in [0.25, 0.3) is 74.9 Å². The number of benzene rings is 6. The van der Waals surface area contributed by atoms with Crippen LogP contribution in [0.3, 0.4) is 0 Å². The predicted molar refractivity (Wildman–Crippen MR) is 155 cm³/mol. The second kappa shape index (κ2) is 7.55. The van der Waals surface area contributed by atoms with E-state index in [1.54, 1.807) is 0 Å². The van der Waals surface area contributed by atoms with Crippen LogP contribution >= 0.6 is 11.3 Å². The molecule has 2 aromatic heterocycles. The molecule has 1 nitrogen and oxygen atoms in total. The minimum Gasteiger partial charge on any atom is -0.464 e. The van der Waals surface area contributed by atoms with Gasteiger partial charge in [-0.1, -0.05) is 97.1 Å². The summed E-state index contributed by atoms with van der Waals surface area (Å²) in [5.41, 5.74) is 6.00. The summed E-state index contributed by atoms with van der Waals surface area (Å²) in [5.74, 6) is 0. The largest absolute Gasteiger partial charge is 0.464 e. The molecule has 0 saturated heterocycles. The van der Waals surface area contributed by atoms with Crippen molar-refractivity contribution in [3.63, 3.8) is 0 Å². The van der Waals surface area contributed by atoms with Gasteiger partial charge in [0.15, 0.2) is 0 Å². The molecule has 0 N–H and O–H groups in total. The Bertz CT molecular complexity index is 2040. The Kier molecular flexibility index (Phi) is 4.16. The summed E-state index contributed by atoms with van der Waals surface area (Å²) in [5, 5.41) is 8.70. The minimum atomic E-state index is 0.972. The SMILES string of the molecule is c1ccc(-c2c3ccccc3c(-c3cc4sc5ccccc5c4c4occc34)c3ccccc23)cc1. The lowest BCUT2D eigenvalue weighted by Crippen LogP contribution is -1.91. The zero-order valence-corrected chi connectivity index (χ0v) is 20.2. The normalized spacial score (nSPS) is 11.9. The van der Waals surface area contributed by atoms with Crippen molar-refractivity contribution in [3.05, 3.63) is 122 Å². The quantitative estimate of drug-likeness (QED) is 0.226. The molecule has 2 heteroatoms. The molecule has 0 unspecified atom stereocenters. The number of hydrogen-bond acceptors (Lipinski definition) is 2. The zero-order valence-electron chi connectivity index (χ0n) is 19.4. The molecule has 0 fully saturated rings. The molecule has 0 aliphatic rings. The van der Waals surface area contributed by atoms with Crippen LogP contribution in [0.15, 0.2) is 126 Å². The zero-order chi connectivity index (χ0) is 23.6. The first-order chi connectivity index (χ1) is 17.9. The number of rotatable bonds is 2. The van der Waals surface area contributed by atoms with E-state index in [-0.39, 0.29) is 0 Å². The monoisotopic (exact) mass is 476 g/mol. The van der Waals surface area contributed by atoms with Gasteiger partial charge in [0.25, 0.3) is 0 Å². The van der Waals surface area contributed by atoms with Gasteiger partial charge in [-0.15, -0.1) is 11.3 Å². The van der Waals surface area contributed by atoms with Gasteiger partial charge in [-0.05, 0) is 62.0 Å². The van der Waals surface area contributed by atoms with Crippen molar-refractivity contribution < 1.29 is 4.42 Å². The third-order valence-corrected chi connectivity index (χ3v) is 8.46. The number of thiophene rings is 1. The summed E-state index contributed by atoms with van der Waals surface area (Å²) in [4.78, 5) is 0. The van der Waals surface area contributed by atoms with E-state index < -0.39 is 0 Å². The number of hydrogen-bond donors (Lipinski definition) is 0. The Morgan fingerprint density at radius 3 is 1.75 bits per heavy atom. The molecule has 0 spiro atoms. The Morgan fingerprint density at radius 2 is 1.06 bits per heavy atom.